The predicted molar refractivity (Wildman–Crippen MR) is 107 cm³/mol. The van der Waals surface area contributed by atoms with Crippen LogP contribution in [-0.2, 0) is 4.79 Å². The second-order valence-corrected chi connectivity index (χ2v) is 7.03. The third kappa shape index (κ3) is 3.54. The Balaban J connectivity index is 1.66. The van der Waals surface area contributed by atoms with Crippen LogP contribution in [0.15, 0.2) is 54.6 Å². The Kier molecular flexibility index (Phi) is 4.57. The minimum atomic E-state index is 0.125. The van der Waals surface area contributed by atoms with Crippen LogP contribution in [0.2, 0.25) is 0 Å². The number of aryl methyl sites for hydroxylation is 1. The third-order valence-corrected chi connectivity index (χ3v) is 5.02. The van der Waals surface area contributed by atoms with Crippen molar-refractivity contribution in [2.24, 2.45) is 5.92 Å². The lowest BCUT2D eigenvalue weighted by Gasteiger charge is -2.14. The number of para-hydroxylation sites is 1. The molecule has 1 aromatic heterocycles. The zero-order chi connectivity index (χ0) is 17.9. The molecule has 0 radical (unpaired) electrons. The van der Waals surface area contributed by atoms with Gasteiger partial charge in [0, 0.05) is 23.1 Å². The van der Waals surface area contributed by atoms with Gasteiger partial charge in [0.1, 0.15) is 5.82 Å². The van der Waals surface area contributed by atoms with E-state index < -0.39 is 0 Å². The number of amides is 1. The normalized spacial score (nSPS) is 14.5. The van der Waals surface area contributed by atoms with E-state index in [1.54, 1.807) is 0 Å². The van der Waals surface area contributed by atoms with Gasteiger partial charge < -0.3 is 10.6 Å². The van der Waals surface area contributed by atoms with Crippen molar-refractivity contribution in [2.75, 3.05) is 10.6 Å². The number of fused-ring (bicyclic) bond motifs is 1. The highest BCUT2D eigenvalue weighted by molar-refractivity contribution is 6.02. The quantitative estimate of drug-likeness (QED) is 0.664. The molecule has 1 aliphatic carbocycles. The SMILES string of the molecule is Cc1ccc(Nc2cc(NC(=O)C3CCCC3)c3ccccc3n2)cc1. The van der Waals surface area contributed by atoms with E-state index in [1.807, 2.05) is 42.5 Å². The molecule has 1 fully saturated rings. The molecule has 4 heteroatoms. The third-order valence-electron chi connectivity index (χ3n) is 5.02. The van der Waals surface area contributed by atoms with E-state index in [0.717, 1.165) is 53.8 Å². The number of benzene rings is 2. The van der Waals surface area contributed by atoms with Crippen molar-refractivity contribution < 1.29 is 4.79 Å². The van der Waals surface area contributed by atoms with Crippen LogP contribution in [0.1, 0.15) is 31.2 Å². The molecule has 0 bridgehead atoms. The van der Waals surface area contributed by atoms with E-state index in [2.05, 4.69) is 29.7 Å². The van der Waals surface area contributed by atoms with Gasteiger partial charge in [-0.2, -0.15) is 0 Å². The van der Waals surface area contributed by atoms with Gasteiger partial charge in [0.05, 0.1) is 11.2 Å². The number of rotatable bonds is 4. The van der Waals surface area contributed by atoms with Gasteiger partial charge in [0.25, 0.3) is 0 Å². The van der Waals surface area contributed by atoms with E-state index in [1.165, 1.54) is 5.56 Å². The van der Waals surface area contributed by atoms with Crippen molar-refractivity contribution in [2.45, 2.75) is 32.6 Å². The fourth-order valence-corrected chi connectivity index (χ4v) is 3.55. The van der Waals surface area contributed by atoms with Crippen molar-refractivity contribution in [1.29, 1.82) is 0 Å². The molecule has 26 heavy (non-hydrogen) atoms. The molecule has 4 rings (SSSR count). The highest BCUT2D eigenvalue weighted by Gasteiger charge is 2.23. The summed E-state index contributed by atoms with van der Waals surface area (Å²) >= 11 is 0. The Morgan fingerprint density at radius 3 is 2.54 bits per heavy atom. The molecule has 2 aromatic carbocycles. The number of hydrogen-bond acceptors (Lipinski definition) is 3. The minimum absolute atomic E-state index is 0.125. The fourth-order valence-electron chi connectivity index (χ4n) is 3.55. The Bertz CT molecular complexity index is 928. The second-order valence-electron chi connectivity index (χ2n) is 7.03. The smallest absolute Gasteiger partial charge is 0.227 e. The van der Waals surface area contributed by atoms with Crippen LogP contribution in [0.5, 0.6) is 0 Å². The van der Waals surface area contributed by atoms with Gasteiger partial charge in [0.2, 0.25) is 5.91 Å². The maximum atomic E-state index is 12.6. The molecule has 1 amide bonds. The van der Waals surface area contributed by atoms with E-state index in [4.69, 9.17) is 4.98 Å². The van der Waals surface area contributed by atoms with Gasteiger partial charge in [-0.05, 0) is 38.0 Å². The van der Waals surface area contributed by atoms with E-state index in [-0.39, 0.29) is 11.8 Å². The first-order chi connectivity index (χ1) is 12.7. The zero-order valence-electron chi connectivity index (χ0n) is 15.0. The first-order valence-corrected chi connectivity index (χ1v) is 9.23. The molecule has 2 N–H and O–H groups in total. The van der Waals surface area contributed by atoms with Gasteiger partial charge in [-0.25, -0.2) is 4.98 Å². The number of hydrogen-bond donors (Lipinski definition) is 2. The lowest BCUT2D eigenvalue weighted by molar-refractivity contribution is -0.119. The molecule has 1 saturated carbocycles. The summed E-state index contributed by atoms with van der Waals surface area (Å²) in [6, 6.07) is 18.0. The molecule has 132 valence electrons. The van der Waals surface area contributed by atoms with Gasteiger partial charge >= 0.3 is 0 Å². The summed E-state index contributed by atoms with van der Waals surface area (Å²) in [6.45, 7) is 2.06. The topological polar surface area (TPSA) is 54.0 Å². The van der Waals surface area contributed by atoms with Gasteiger partial charge in [-0.1, -0.05) is 48.7 Å². The van der Waals surface area contributed by atoms with Crippen LogP contribution < -0.4 is 10.6 Å². The van der Waals surface area contributed by atoms with Gasteiger partial charge in [0.15, 0.2) is 0 Å². The number of carbonyl (C=O) groups is 1. The molecule has 0 aliphatic heterocycles. The minimum Gasteiger partial charge on any atom is -0.340 e. The number of aromatic nitrogens is 1. The van der Waals surface area contributed by atoms with Crippen LogP contribution in [0, 0.1) is 12.8 Å². The van der Waals surface area contributed by atoms with Crippen LogP contribution in [0.4, 0.5) is 17.2 Å². The van der Waals surface area contributed by atoms with E-state index in [0.29, 0.717) is 0 Å². The summed E-state index contributed by atoms with van der Waals surface area (Å²) in [7, 11) is 0. The van der Waals surface area contributed by atoms with Crippen molar-refractivity contribution in [3.8, 4) is 0 Å². The Morgan fingerprint density at radius 1 is 1.04 bits per heavy atom. The molecular formula is C22H23N3O. The van der Waals surface area contributed by atoms with Crippen molar-refractivity contribution in [3.05, 3.63) is 60.2 Å². The summed E-state index contributed by atoms with van der Waals surface area (Å²) < 4.78 is 0. The monoisotopic (exact) mass is 345 g/mol. The number of nitrogens with one attached hydrogen (secondary N) is 2. The Morgan fingerprint density at radius 2 is 1.77 bits per heavy atom. The molecular weight excluding hydrogens is 322 g/mol. The van der Waals surface area contributed by atoms with Crippen LogP contribution in [-0.4, -0.2) is 10.9 Å². The molecule has 0 unspecified atom stereocenters. The van der Waals surface area contributed by atoms with E-state index >= 15 is 0 Å². The van der Waals surface area contributed by atoms with Crippen LogP contribution >= 0.6 is 0 Å². The summed E-state index contributed by atoms with van der Waals surface area (Å²) in [5.41, 5.74) is 3.88. The van der Waals surface area contributed by atoms with Crippen molar-refractivity contribution in [1.82, 2.24) is 4.98 Å². The molecule has 1 aliphatic rings. The average molecular weight is 345 g/mol. The molecule has 3 aromatic rings. The standard InChI is InChI=1S/C22H23N3O/c1-15-10-12-17(13-11-15)23-21-14-20(18-8-4-5-9-19(18)24-21)25-22(26)16-6-2-3-7-16/h4-5,8-14,16H,2-3,6-7H2,1H3,(H2,23,24,25,26). The summed E-state index contributed by atoms with van der Waals surface area (Å²) in [5, 5.41) is 7.45. The zero-order valence-corrected chi connectivity index (χ0v) is 15.0. The lowest BCUT2D eigenvalue weighted by Crippen LogP contribution is -2.20. The predicted octanol–water partition coefficient (Wildman–Crippen LogP) is 5.42. The van der Waals surface area contributed by atoms with Crippen molar-refractivity contribution >= 4 is 34.0 Å². The van der Waals surface area contributed by atoms with Gasteiger partial charge in [-0.3, -0.25) is 4.79 Å². The lowest BCUT2D eigenvalue weighted by atomic mass is 10.1. The highest BCUT2D eigenvalue weighted by atomic mass is 16.1. The van der Waals surface area contributed by atoms with Crippen molar-refractivity contribution in [3.63, 3.8) is 0 Å². The summed E-state index contributed by atoms with van der Waals surface area (Å²) in [4.78, 5) is 17.3. The molecule has 4 nitrogen and oxygen atoms in total. The molecule has 0 atom stereocenters. The first kappa shape index (κ1) is 16.6. The average Bonchev–Trinajstić information content (AvgIpc) is 3.19. The van der Waals surface area contributed by atoms with E-state index in [9.17, 15) is 4.79 Å². The molecule has 0 saturated heterocycles. The van der Waals surface area contributed by atoms with Crippen LogP contribution in [0.3, 0.4) is 0 Å². The number of anilines is 3. The maximum absolute atomic E-state index is 12.6. The Labute approximate surface area is 153 Å². The molecule has 1 heterocycles. The largest absolute Gasteiger partial charge is 0.340 e. The first-order valence-electron chi connectivity index (χ1n) is 9.23. The Hall–Kier alpha value is -2.88. The number of nitrogens with zero attached hydrogens (tertiary/aromatic N) is 1. The number of carbonyl (C=O) groups excluding carboxylic acids is 1. The number of pyridine rings is 1. The second kappa shape index (κ2) is 7.16. The summed E-state index contributed by atoms with van der Waals surface area (Å²) in [5.74, 6) is 0.991. The summed E-state index contributed by atoms with van der Waals surface area (Å²) in [6.07, 6.45) is 4.28. The molecule has 0 spiro atoms. The fraction of sp³-hybridized carbons (Fsp3) is 0.273. The van der Waals surface area contributed by atoms with Gasteiger partial charge in [-0.15, -0.1) is 0 Å². The highest BCUT2D eigenvalue weighted by Crippen LogP contribution is 2.30. The van der Waals surface area contributed by atoms with Crippen LogP contribution in [0.25, 0.3) is 10.9 Å². The maximum Gasteiger partial charge on any atom is 0.227 e.